The van der Waals surface area contributed by atoms with Gasteiger partial charge in [-0.3, -0.25) is 0 Å². The van der Waals surface area contributed by atoms with Crippen LogP contribution in [0.15, 0.2) is 36.5 Å². The van der Waals surface area contributed by atoms with Crippen LogP contribution in [-0.4, -0.2) is 33.8 Å². The molecule has 1 atom stereocenters. The van der Waals surface area contributed by atoms with Crippen molar-refractivity contribution in [3.05, 3.63) is 47.8 Å². The molecular weight excluding hydrogens is 284 g/mol. The van der Waals surface area contributed by atoms with Gasteiger partial charge in [-0.25, -0.2) is 9.48 Å². The number of benzene rings is 1. The largest absolute Gasteiger partial charge is 0.478 e. The second kappa shape index (κ2) is 6.72. The minimum atomic E-state index is -0.956. The summed E-state index contributed by atoms with van der Waals surface area (Å²) in [6, 6.07) is 8.53. The first-order valence-electron chi connectivity index (χ1n) is 7.34. The first kappa shape index (κ1) is 14.7. The van der Waals surface area contributed by atoms with Crippen LogP contribution in [0.1, 0.15) is 35.3 Å². The Morgan fingerprint density at radius 1 is 1.41 bits per heavy atom. The molecule has 6 heteroatoms. The molecule has 0 saturated carbocycles. The van der Waals surface area contributed by atoms with Crippen LogP contribution in [0.2, 0.25) is 0 Å². The van der Waals surface area contributed by atoms with Gasteiger partial charge in [0.05, 0.1) is 23.6 Å². The van der Waals surface area contributed by atoms with Crippen LogP contribution in [-0.2, 0) is 16.1 Å². The van der Waals surface area contributed by atoms with Crippen LogP contribution in [0.25, 0.3) is 5.69 Å². The van der Waals surface area contributed by atoms with Crippen molar-refractivity contribution >= 4 is 5.97 Å². The Labute approximate surface area is 128 Å². The molecule has 0 radical (unpaired) electrons. The summed E-state index contributed by atoms with van der Waals surface area (Å²) >= 11 is 0. The van der Waals surface area contributed by atoms with Gasteiger partial charge in [-0.1, -0.05) is 6.07 Å². The normalized spacial score (nSPS) is 18.3. The number of carbonyl (C=O) groups is 1. The van der Waals surface area contributed by atoms with E-state index < -0.39 is 5.97 Å². The Bertz CT molecular complexity index is 647. The number of ether oxygens (including phenoxy) is 2. The third-order valence-electron chi connectivity index (χ3n) is 3.61. The minimum absolute atomic E-state index is 0.164. The van der Waals surface area contributed by atoms with Crippen molar-refractivity contribution in [1.29, 1.82) is 0 Å². The summed E-state index contributed by atoms with van der Waals surface area (Å²) in [5, 5.41) is 13.3. The van der Waals surface area contributed by atoms with E-state index >= 15 is 0 Å². The fourth-order valence-electron chi connectivity index (χ4n) is 2.46. The van der Waals surface area contributed by atoms with Gasteiger partial charge in [0.2, 0.25) is 0 Å². The number of hydrogen-bond donors (Lipinski definition) is 1. The molecule has 1 fully saturated rings. The lowest BCUT2D eigenvalue weighted by molar-refractivity contribution is -0.169. The Hall–Kier alpha value is -2.18. The molecule has 116 valence electrons. The molecule has 3 rings (SSSR count). The van der Waals surface area contributed by atoms with Crippen molar-refractivity contribution in [2.75, 3.05) is 6.61 Å². The summed E-state index contributed by atoms with van der Waals surface area (Å²) in [5.74, 6) is -0.956. The Morgan fingerprint density at radius 3 is 3.09 bits per heavy atom. The van der Waals surface area contributed by atoms with Crippen LogP contribution < -0.4 is 0 Å². The number of aromatic carboxylic acids is 1. The van der Waals surface area contributed by atoms with E-state index in [0.29, 0.717) is 12.3 Å². The van der Waals surface area contributed by atoms with Gasteiger partial charge in [-0.05, 0) is 43.5 Å². The summed E-state index contributed by atoms with van der Waals surface area (Å²) in [4.78, 5) is 11.1. The van der Waals surface area contributed by atoms with Gasteiger partial charge < -0.3 is 14.6 Å². The molecule has 2 aromatic rings. The van der Waals surface area contributed by atoms with Crippen molar-refractivity contribution < 1.29 is 19.4 Å². The summed E-state index contributed by atoms with van der Waals surface area (Å²) in [6.45, 7) is 1.12. The lowest BCUT2D eigenvalue weighted by Crippen LogP contribution is -2.22. The van der Waals surface area contributed by atoms with Crippen molar-refractivity contribution in [2.45, 2.75) is 32.2 Å². The molecule has 1 N–H and O–H groups in total. The highest BCUT2D eigenvalue weighted by atomic mass is 16.7. The third-order valence-corrected chi connectivity index (χ3v) is 3.61. The zero-order chi connectivity index (χ0) is 15.4. The van der Waals surface area contributed by atoms with Crippen molar-refractivity contribution in [1.82, 2.24) is 9.78 Å². The molecule has 22 heavy (non-hydrogen) atoms. The maximum atomic E-state index is 11.1. The number of hydrogen-bond acceptors (Lipinski definition) is 4. The molecule has 0 amide bonds. The average molecular weight is 302 g/mol. The van der Waals surface area contributed by atoms with E-state index in [4.69, 9.17) is 14.6 Å². The highest BCUT2D eigenvalue weighted by molar-refractivity contribution is 5.88. The predicted molar refractivity (Wildman–Crippen MR) is 78.9 cm³/mol. The summed E-state index contributed by atoms with van der Waals surface area (Å²) in [5.41, 5.74) is 1.79. The van der Waals surface area contributed by atoms with Crippen LogP contribution in [0.3, 0.4) is 0 Å². The molecule has 1 aliphatic rings. The zero-order valence-electron chi connectivity index (χ0n) is 12.1. The van der Waals surface area contributed by atoms with Crippen LogP contribution in [0.4, 0.5) is 0 Å². The first-order chi connectivity index (χ1) is 10.7. The fourth-order valence-corrected chi connectivity index (χ4v) is 2.46. The van der Waals surface area contributed by atoms with E-state index in [1.165, 1.54) is 0 Å². The van der Waals surface area contributed by atoms with E-state index in [0.717, 1.165) is 31.6 Å². The average Bonchev–Trinajstić information content (AvgIpc) is 3.02. The molecule has 1 unspecified atom stereocenters. The SMILES string of the molecule is O=C(O)c1cccc(-n2nccc2COC2CCCCO2)c1. The monoisotopic (exact) mass is 302 g/mol. The van der Waals surface area contributed by atoms with Crippen LogP contribution >= 0.6 is 0 Å². The smallest absolute Gasteiger partial charge is 0.335 e. The Kier molecular flexibility index (Phi) is 4.50. The van der Waals surface area contributed by atoms with Crippen molar-refractivity contribution in [2.24, 2.45) is 0 Å². The fraction of sp³-hybridized carbons (Fsp3) is 0.375. The van der Waals surface area contributed by atoms with Gasteiger partial charge in [-0.15, -0.1) is 0 Å². The number of carboxylic acids is 1. The predicted octanol–water partition coefficient (Wildman–Crippen LogP) is 2.61. The minimum Gasteiger partial charge on any atom is -0.478 e. The number of nitrogens with zero attached hydrogens (tertiary/aromatic N) is 2. The van der Waals surface area contributed by atoms with Gasteiger partial charge in [0.25, 0.3) is 0 Å². The van der Waals surface area contributed by atoms with E-state index in [9.17, 15) is 4.79 Å². The first-order valence-corrected chi connectivity index (χ1v) is 7.34. The second-order valence-corrected chi connectivity index (χ2v) is 5.20. The maximum absolute atomic E-state index is 11.1. The second-order valence-electron chi connectivity index (χ2n) is 5.20. The number of carboxylic acid groups (broad SMARTS) is 1. The molecule has 6 nitrogen and oxygen atoms in total. The lowest BCUT2D eigenvalue weighted by Gasteiger charge is -2.22. The van der Waals surface area contributed by atoms with Gasteiger partial charge in [0.15, 0.2) is 6.29 Å². The zero-order valence-corrected chi connectivity index (χ0v) is 12.1. The molecule has 0 bridgehead atoms. The molecular formula is C16H18N2O4. The molecule has 0 aliphatic carbocycles. The van der Waals surface area contributed by atoms with Crippen molar-refractivity contribution in [3.8, 4) is 5.69 Å². The molecule has 2 heterocycles. The number of aromatic nitrogens is 2. The molecule has 1 aromatic heterocycles. The lowest BCUT2D eigenvalue weighted by atomic mass is 10.2. The van der Waals surface area contributed by atoms with Gasteiger partial charge in [0.1, 0.15) is 0 Å². The Morgan fingerprint density at radius 2 is 2.32 bits per heavy atom. The van der Waals surface area contributed by atoms with E-state index in [1.807, 2.05) is 12.1 Å². The quantitative estimate of drug-likeness (QED) is 0.919. The van der Waals surface area contributed by atoms with E-state index in [2.05, 4.69) is 5.10 Å². The van der Waals surface area contributed by atoms with Crippen molar-refractivity contribution in [3.63, 3.8) is 0 Å². The molecule has 1 aromatic carbocycles. The van der Waals surface area contributed by atoms with E-state index in [1.54, 1.807) is 29.1 Å². The Balaban J connectivity index is 1.74. The molecule has 1 aliphatic heterocycles. The van der Waals surface area contributed by atoms with Gasteiger partial charge >= 0.3 is 5.97 Å². The highest BCUT2D eigenvalue weighted by Crippen LogP contribution is 2.17. The summed E-state index contributed by atoms with van der Waals surface area (Å²) in [7, 11) is 0. The number of rotatable bonds is 5. The maximum Gasteiger partial charge on any atom is 0.335 e. The summed E-state index contributed by atoms with van der Waals surface area (Å²) < 4.78 is 13.0. The van der Waals surface area contributed by atoms with Gasteiger partial charge in [0, 0.05) is 12.8 Å². The summed E-state index contributed by atoms with van der Waals surface area (Å²) in [6.07, 6.45) is 4.61. The van der Waals surface area contributed by atoms with Crippen LogP contribution in [0, 0.1) is 0 Å². The molecule has 1 saturated heterocycles. The highest BCUT2D eigenvalue weighted by Gasteiger charge is 2.15. The van der Waals surface area contributed by atoms with E-state index in [-0.39, 0.29) is 11.9 Å². The van der Waals surface area contributed by atoms with Gasteiger partial charge in [-0.2, -0.15) is 5.10 Å². The molecule has 0 spiro atoms. The third kappa shape index (κ3) is 3.35. The topological polar surface area (TPSA) is 73.6 Å². The van der Waals surface area contributed by atoms with Crippen LogP contribution in [0.5, 0.6) is 0 Å². The standard InChI is InChI=1S/C16H18N2O4/c19-16(20)12-4-3-5-13(10-12)18-14(7-8-17-18)11-22-15-6-1-2-9-21-15/h3-5,7-8,10,15H,1-2,6,9,11H2,(H,19,20).